The summed E-state index contributed by atoms with van der Waals surface area (Å²) in [6.45, 7) is 1.82. The van der Waals surface area contributed by atoms with Crippen molar-refractivity contribution in [2.45, 2.75) is 17.1 Å². The van der Waals surface area contributed by atoms with E-state index in [2.05, 4.69) is 29.9 Å². The van der Waals surface area contributed by atoms with Gasteiger partial charge in [-0.05, 0) is 24.8 Å². The first kappa shape index (κ1) is 12.5. The lowest BCUT2D eigenvalue weighted by Crippen LogP contribution is -2.14. The zero-order valence-electron chi connectivity index (χ0n) is 10.5. The third-order valence-electron chi connectivity index (χ3n) is 2.49. The van der Waals surface area contributed by atoms with Crippen molar-refractivity contribution in [3.63, 3.8) is 0 Å². The second-order valence-corrected chi connectivity index (χ2v) is 4.93. The molecule has 0 spiro atoms. The summed E-state index contributed by atoms with van der Waals surface area (Å²) in [5, 5.41) is 8.60. The van der Waals surface area contributed by atoms with Crippen LogP contribution in [0, 0.1) is 12.3 Å². The van der Waals surface area contributed by atoms with Gasteiger partial charge in [0, 0.05) is 5.69 Å². The third kappa shape index (κ3) is 2.30. The molecule has 0 fully saturated rings. The lowest BCUT2D eigenvalue weighted by molar-refractivity contribution is 0.917. The summed E-state index contributed by atoms with van der Waals surface area (Å²) < 4.78 is 0. The normalized spacial score (nSPS) is 10.8. The van der Waals surface area contributed by atoms with E-state index in [1.54, 1.807) is 12.4 Å². The predicted molar refractivity (Wildman–Crippen MR) is 73.6 cm³/mol. The number of rotatable bonds is 3. The molecule has 0 amide bonds. The number of nitrogens with zero attached hydrogens (tertiary/aromatic N) is 5. The van der Waals surface area contributed by atoms with E-state index in [1.165, 1.54) is 18.1 Å². The summed E-state index contributed by atoms with van der Waals surface area (Å²) in [7, 11) is 0. The minimum atomic E-state index is -0.0910. The van der Waals surface area contributed by atoms with Crippen LogP contribution in [-0.2, 0) is 0 Å². The van der Waals surface area contributed by atoms with Crippen molar-refractivity contribution in [3.05, 3.63) is 30.1 Å². The molecule has 4 N–H and O–H groups in total. The van der Waals surface area contributed by atoms with Crippen LogP contribution in [0.15, 0.2) is 28.9 Å². The average Bonchev–Trinajstić information content (AvgIpc) is 2.87. The molecule has 3 heterocycles. The van der Waals surface area contributed by atoms with E-state index in [9.17, 15) is 0 Å². The molecule has 0 aliphatic carbocycles. The number of H-pyrrole nitrogens is 1. The maximum Gasteiger partial charge on any atom is 0.194 e. The smallest absolute Gasteiger partial charge is 0.194 e. The molecule has 0 radical (unpaired) electrons. The Balaban J connectivity index is 2.02. The zero-order valence-corrected chi connectivity index (χ0v) is 11.3. The highest BCUT2D eigenvalue weighted by atomic mass is 32.2. The zero-order chi connectivity index (χ0) is 14.1. The van der Waals surface area contributed by atoms with Gasteiger partial charge in [0.15, 0.2) is 10.8 Å². The Hall–Kier alpha value is -2.55. The Bertz CT molecular complexity index is 796. The standard InChI is InChI=1S/C11H10N8S/c1-5-2-6(8(12)13)19-11(18-5)20-10-7-9(15-3-14-7)16-4-17-10/h2-4H,1H3,(H3,12,13)(H,14,15,16,17). The van der Waals surface area contributed by atoms with Gasteiger partial charge in [-0.2, -0.15) is 0 Å². The van der Waals surface area contributed by atoms with Crippen molar-refractivity contribution in [2.75, 3.05) is 0 Å². The lowest BCUT2D eigenvalue weighted by atomic mass is 10.3. The first-order valence-corrected chi connectivity index (χ1v) is 6.47. The number of amidine groups is 1. The van der Waals surface area contributed by atoms with Crippen LogP contribution in [0.2, 0.25) is 0 Å². The molecular weight excluding hydrogens is 276 g/mol. The fourth-order valence-electron chi connectivity index (χ4n) is 1.63. The molecule has 0 saturated heterocycles. The fourth-order valence-corrected chi connectivity index (χ4v) is 2.49. The molecule has 3 aromatic heterocycles. The van der Waals surface area contributed by atoms with Gasteiger partial charge in [0.25, 0.3) is 0 Å². The van der Waals surface area contributed by atoms with Crippen LogP contribution in [0.4, 0.5) is 0 Å². The number of nitrogens with two attached hydrogens (primary N) is 1. The number of aromatic nitrogens is 6. The number of nitrogens with one attached hydrogen (secondary N) is 2. The predicted octanol–water partition coefficient (Wildman–Crippen LogP) is 0.887. The molecule has 8 nitrogen and oxygen atoms in total. The van der Waals surface area contributed by atoms with Crippen LogP contribution in [0.25, 0.3) is 11.2 Å². The largest absolute Gasteiger partial charge is 0.382 e. The van der Waals surface area contributed by atoms with Crippen LogP contribution in [0.1, 0.15) is 11.4 Å². The summed E-state index contributed by atoms with van der Waals surface area (Å²) >= 11 is 1.27. The number of imidazole rings is 1. The van der Waals surface area contributed by atoms with Gasteiger partial charge in [-0.25, -0.2) is 24.9 Å². The molecule has 0 aliphatic heterocycles. The molecule has 0 aromatic carbocycles. The molecule has 9 heteroatoms. The first-order chi connectivity index (χ1) is 9.63. The van der Waals surface area contributed by atoms with Gasteiger partial charge in [0.2, 0.25) is 0 Å². The van der Waals surface area contributed by atoms with E-state index >= 15 is 0 Å². The molecule has 3 aromatic rings. The Morgan fingerprint density at radius 1 is 1.30 bits per heavy atom. The highest BCUT2D eigenvalue weighted by molar-refractivity contribution is 7.99. The van der Waals surface area contributed by atoms with Gasteiger partial charge in [0.05, 0.1) is 6.33 Å². The van der Waals surface area contributed by atoms with E-state index in [0.717, 1.165) is 11.2 Å². The summed E-state index contributed by atoms with van der Waals surface area (Å²) in [5.74, 6) is -0.0910. The molecule has 0 atom stereocenters. The SMILES string of the molecule is Cc1cc(C(=N)N)nc(Sc2ncnc3nc[nH]c23)n1. The van der Waals surface area contributed by atoms with Crippen LogP contribution in [-0.4, -0.2) is 35.7 Å². The molecule has 100 valence electrons. The van der Waals surface area contributed by atoms with Crippen LogP contribution in [0.3, 0.4) is 0 Å². The Morgan fingerprint density at radius 3 is 2.95 bits per heavy atom. The van der Waals surface area contributed by atoms with Gasteiger partial charge >= 0.3 is 0 Å². The fraction of sp³-hybridized carbons (Fsp3) is 0.0909. The molecule has 20 heavy (non-hydrogen) atoms. The van der Waals surface area contributed by atoms with Gasteiger partial charge in [-0.15, -0.1) is 0 Å². The van der Waals surface area contributed by atoms with Crippen LogP contribution >= 0.6 is 11.8 Å². The molecule has 0 saturated carbocycles. The number of aryl methyl sites for hydroxylation is 1. The number of fused-ring (bicyclic) bond motifs is 1. The Morgan fingerprint density at radius 2 is 2.15 bits per heavy atom. The van der Waals surface area contributed by atoms with E-state index < -0.39 is 0 Å². The van der Waals surface area contributed by atoms with Crippen molar-refractivity contribution < 1.29 is 0 Å². The van der Waals surface area contributed by atoms with Crippen LogP contribution < -0.4 is 5.73 Å². The van der Waals surface area contributed by atoms with Gasteiger partial charge in [0.1, 0.15) is 28.4 Å². The lowest BCUT2D eigenvalue weighted by Gasteiger charge is -2.04. The molecule has 0 bridgehead atoms. The summed E-state index contributed by atoms with van der Waals surface area (Å²) in [4.78, 5) is 23.8. The maximum atomic E-state index is 7.45. The van der Waals surface area contributed by atoms with Gasteiger partial charge < -0.3 is 10.7 Å². The number of nitrogen functional groups attached to an aromatic ring is 1. The molecule has 0 unspecified atom stereocenters. The van der Waals surface area contributed by atoms with E-state index in [-0.39, 0.29) is 5.84 Å². The van der Waals surface area contributed by atoms with Crippen molar-refractivity contribution in [2.24, 2.45) is 5.73 Å². The average molecular weight is 286 g/mol. The minimum absolute atomic E-state index is 0.0910. The Labute approximate surface area is 117 Å². The van der Waals surface area contributed by atoms with Gasteiger partial charge in [-0.1, -0.05) is 0 Å². The number of aromatic amines is 1. The number of hydrogen-bond donors (Lipinski definition) is 3. The minimum Gasteiger partial charge on any atom is -0.382 e. The monoisotopic (exact) mass is 286 g/mol. The number of hydrogen-bond acceptors (Lipinski definition) is 7. The van der Waals surface area contributed by atoms with Gasteiger partial charge in [-0.3, -0.25) is 5.41 Å². The van der Waals surface area contributed by atoms with Crippen molar-refractivity contribution in [1.29, 1.82) is 5.41 Å². The highest BCUT2D eigenvalue weighted by Crippen LogP contribution is 2.27. The topological polar surface area (TPSA) is 130 Å². The molecular formula is C11H10N8S. The molecule has 3 rings (SSSR count). The Kier molecular flexibility index (Phi) is 3.03. The summed E-state index contributed by atoms with van der Waals surface area (Å²) in [6, 6.07) is 1.66. The quantitative estimate of drug-likeness (QED) is 0.282. The second-order valence-electron chi connectivity index (χ2n) is 3.97. The highest BCUT2D eigenvalue weighted by Gasteiger charge is 2.11. The molecule has 0 aliphatic rings. The van der Waals surface area contributed by atoms with Crippen molar-refractivity contribution in [1.82, 2.24) is 29.9 Å². The first-order valence-electron chi connectivity index (χ1n) is 5.65. The van der Waals surface area contributed by atoms with Crippen molar-refractivity contribution >= 4 is 28.8 Å². The maximum absolute atomic E-state index is 7.45. The van der Waals surface area contributed by atoms with E-state index in [0.29, 0.717) is 21.5 Å². The van der Waals surface area contributed by atoms with E-state index in [1.807, 2.05) is 6.92 Å². The van der Waals surface area contributed by atoms with E-state index in [4.69, 9.17) is 11.1 Å². The van der Waals surface area contributed by atoms with Crippen molar-refractivity contribution in [3.8, 4) is 0 Å². The second kappa shape index (κ2) is 4.85. The third-order valence-corrected chi connectivity index (χ3v) is 3.35. The summed E-state index contributed by atoms with van der Waals surface area (Å²) in [6.07, 6.45) is 2.99. The summed E-state index contributed by atoms with van der Waals surface area (Å²) in [5.41, 5.74) is 7.91. The van der Waals surface area contributed by atoms with Crippen LogP contribution in [0.5, 0.6) is 0 Å².